The Hall–Kier alpha value is 0.390. The maximum atomic E-state index is 3.12. The summed E-state index contributed by atoms with van der Waals surface area (Å²) in [7, 11) is 3.12. The quantitative estimate of drug-likeness (QED) is 0.639. The molecule has 0 N–H and O–H groups in total. The van der Waals surface area contributed by atoms with Crippen LogP contribution < -0.4 is 0 Å². The zero-order valence-electron chi connectivity index (χ0n) is 10.3. The zero-order valence-corrected chi connectivity index (χ0v) is 11.4. The Kier molecular flexibility index (Phi) is 4.00. The second kappa shape index (κ2) is 4.49. The fraction of sp³-hybridized carbons (Fsp3) is 1.00. The molecule has 2 heteroatoms. The largest absolute Gasteiger partial charge is 0.298 e. The van der Waals surface area contributed by atoms with E-state index in [0.717, 1.165) is 0 Å². The smallest absolute Gasteiger partial charge is 0.0125 e. The highest BCUT2D eigenvalue weighted by Gasteiger charge is 2.33. The number of rotatable bonds is 2. The molecule has 84 valence electrons. The predicted molar refractivity (Wildman–Crippen MR) is 67.9 cm³/mol. The SMILES string of the molecule is CCCC1(P)CCN(C(C)(C)C)CC1. The first-order chi connectivity index (χ1) is 6.37. The van der Waals surface area contributed by atoms with E-state index in [1.807, 2.05) is 0 Å². The van der Waals surface area contributed by atoms with Crippen molar-refractivity contribution in [2.24, 2.45) is 0 Å². The first kappa shape index (κ1) is 12.5. The van der Waals surface area contributed by atoms with Crippen LogP contribution in [0, 0.1) is 0 Å². The Morgan fingerprint density at radius 3 is 2.07 bits per heavy atom. The standard InChI is InChI=1S/C12H26NP/c1-5-6-12(14)7-9-13(10-8-12)11(2,3)4/h5-10,14H2,1-4H3. The van der Waals surface area contributed by atoms with Gasteiger partial charge in [-0.3, -0.25) is 4.90 Å². The fourth-order valence-electron chi connectivity index (χ4n) is 2.37. The van der Waals surface area contributed by atoms with Crippen LogP contribution in [-0.4, -0.2) is 28.7 Å². The summed E-state index contributed by atoms with van der Waals surface area (Å²) < 4.78 is 0. The number of piperidine rings is 1. The maximum absolute atomic E-state index is 3.12. The van der Waals surface area contributed by atoms with Gasteiger partial charge in [-0.2, -0.15) is 0 Å². The van der Waals surface area contributed by atoms with Gasteiger partial charge in [0.1, 0.15) is 0 Å². The fourth-order valence-corrected chi connectivity index (χ4v) is 2.92. The average Bonchev–Trinajstić information content (AvgIpc) is 2.03. The van der Waals surface area contributed by atoms with E-state index in [9.17, 15) is 0 Å². The zero-order chi connectivity index (χ0) is 10.8. The Morgan fingerprint density at radius 2 is 1.71 bits per heavy atom. The molecule has 0 saturated carbocycles. The van der Waals surface area contributed by atoms with Crippen molar-refractivity contribution in [3.05, 3.63) is 0 Å². The monoisotopic (exact) mass is 215 g/mol. The van der Waals surface area contributed by atoms with Crippen molar-refractivity contribution < 1.29 is 0 Å². The third kappa shape index (κ3) is 3.21. The Morgan fingerprint density at radius 1 is 1.21 bits per heavy atom. The third-order valence-electron chi connectivity index (χ3n) is 3.46. The molecular formula is C12H26NP. The molecule has 1 nitrogen and oxygen atoms in total. The van der Waals surface area contributed by atoms with Gasteiger partial charge in [0.2, 0.25) is 0 Å². The van der Waals surface area contributed by atoms with Gasteiger partial charge < -0.3 is 0 Å². The van der Waals surface area contributed by atoms with Crippen LogP contribution in [0.3, 0.4) is 0 Å². The minimum atomic E-state index is 0.359. The summed E-state index contributed by atoms with van der Waals surface area (Å²) in [4.78, 5) is 2.62. The van der Waals surface area contributed by atoms with Crippen LogP contribution in [0.1, 0.15) is 53.4 Å². The highest BCUT2D eigenvalue weighted by molar-refractivity contribution is 7.19. The summed E-state index contributed by atoms with van der Waals surface area (Å²) in [6.07, 6.45) is 5.39. The highest BCUT2D eigenvalue weighted by Crippen LogP contribution is 2.37. The molecular weight excluding hydrogens is 189 g/mol. The van der Waals surface area contributed by atoms with Crippen molar-refractivity contribution in [1.82, 2.24) is 4.90 Å². The molecule has 0 aromatic carbocycles. The molecule has 0 aliphatic carbocycles. The Balaban J connectivity index is 2.45. The van der Waals surface area contributed by atoms with E-state index in [4.69, 9.17) is 0 Å². The van der Waals surface area contributed by atoms with Crippen LogP contribution in [0.5, 0.6) is 0 Å². The van der Waals surface area contributed by atoms with E-state index in [2.05, 4.69) is 41.8 Å². The van der Waals surface area contributed by atoms with Crippen molar-refractivity contribution in [2.75, 3.05) is 13.1 Å². The number of hydrogen-bond donors (Lipinski definition) is 0. The summed E-state index contributed by atoms with van der Waals surface area (Å²) in [5.74, 6) is 0. The Labute approximate surface area is 91.8 Å². The molecule has 0 aromatic rings. The van der Waals surface area contributed by atoms with Gasteiger partial charge in [0, 0.05) is 5.54 Å². The van der Waals surface area contributed by atoms with Crippen LogP contribution in [0.2, 0.25) is 0 Å². The van der Waals surface area contributed by atoms with Gasteiger partial charge in [-0.15, -0.1) is 9.24 Å². The highest BCUT2D eigenvalue weighted by atomic mass is 31.0. The number of nitrogens with zero attached hydrogens (tertiary/aromatic N) is 1. The number of hydrogen-bond acceptors (Lipinski definition) is 1. The van der Waals surface area contributed by atoms with Crippen LogP contribution in [0.15, 0.2) is 0 Å². The molecule has 1 heterocycles. The van der Waals surface area contributed by atoms with Gasteiger partial charge in [-0.05, 0) is 58.3 Å². The van der Waals surface area contributed by atoms with Crippen LogP contribution >= 0.6 is 9.24 Å². The first-order valence-electron chi connectivity index (χ1n) is 5.91. The van der Waals surface area contributed by atoms with E-state index < -0.39 is 0 Å². The molecule has 0 spiro atoms. The summed E-state index contributed by atoms with van der Waals surface area (Å²) in [5.41, 5.74) is 0.359. The summed E-state index contributed by atoms with van der Waals surface area (Å²) >= 11 is 0. The van der Waals surface area contributed by atoms with Crippen molar-refractivity contribution in [3.63, 3.8) is 0 Å². The second-order valence-corrected chi connectivity index (χ2v) is 6.99. The van der Waals surface area contributed by atoms with E-state index in [-0.39, 0.29) is 0 Å². The lowest BCUT2D eigenvalue weighted by atomic mass is 9.89. The number of likely N-dealkylation sites (tertiary alicyclic amines) is 1. The van der Waals surface area contributed by atoms with Gasteiger partial charge in [-0.1, -0.05) is 13.3 Å². The topological polar surface area (TPSA) is 3.24 Å². The van der Waals surface area contributed by atoms with Crippen molar-refractivity contribution in [3.8, 4) is 0 Å². The lowest BCUT2D eigenvalue weighted by molar-refractivity contribution is 0.0939. The molecule has 0 radical (unpaired) electrons. The minimum absolute atomic E-state index is 0.359. The van der Waals surface area contributed by atoms with E-state index >= 15 is 0 Å². The van der Waals surface area contributed by atoms with Gasteiger partial charge in [0.05, 0.1) is 0 Å². The van der Waals surface area contributed by atoms with Gasteiger partial charge in [-0.25, -0.2) is 0 Å². The minimum Gasteiger partial charge on any atom is -0.298 e. The van der Waals surface area contributed by atoms with Crippen LogP contribution in [0.25, 0.3) is 0 Å². The molecule has 1 aliphatic heterocycles. The summed E-state index contributed by atoms with van der Waals surface area (Å²) in [6.45, 7) is 11.8. The van der Waals surface area contributed by atoms with Gasteiger partial charge in [0.25, 0.3) is 0 Å². The molecule has 1 fully saturated rings. The summed E-state index contributed by atoms with van der Waals surface area (Å²) in [5, 5.41) is 0.552. The second-order valence-electron chi connectivity index (χ2n) is 5.77. The van der Waals surface area contributed by atoms with Gasteiger partial charge in [0.15, 0.2) is 0 Å². The molecule has 1 aliphatic rings. The molecule has 1 unspecified atom stereocenters. The Bertz CT molecular complexity index is 175. The van der Waals surface area contributed by atoms with E-state index in [1.165, 1.54) is 38.8 Å². The molecule has 1 saturated heterocycles. The van der Waals surface area contributed by atoms with Crippen molar-refractivity contribution >= 4 is 9.24 Å². The third-order valence-corrected chi connectivity index (χ3v) is 4.32. The molecule has 1 rings (SSSR count). The molecule has 14 heavy (non-hydrogen) atoms. The lowest BCUT2D eigenvalue weighted by Gasteiger charge is -2.45. The van der Waals surface area contributed by atoms with E-state index in [1.54, 1.807) is 0 Å². The molecule has 1 atom stereocenters. The average molecular weight is 215 g/mol. The summed E-state index contributed by atoms with van der Waals surface area (Å²) in [6, 6.07) is 0. The molecule has 0 aromatic heterocycles. The maximum Gasteiger partial charge on any atom is 0.0125 e. The van der Waals surface area contributed by atoms with Crippen molar-refractivity contribution in [2.45, 2.75) is 64.1 Å². The lowest BCUT2D eigenvalue weighted by Crippen LogP contribution is -2.49. The predicted octanol–water partition coefficient (Wildman–Crippen LogP) is 3.29. The van der Waals surface area contributed by atoms with E-state index in [0.29, 0.717) is 10.7 Å². The van der Waals surface area contributed by atoms with Crippen LogP contribution in [-0.2, 0) is 0 Å². The normalized spacial score (nSPS) is 23.8. The van der Waals surface area contributed by atoms with Crippen molar-refractivity contribution in [1.29, 1.82) is 0 Å². The molecule has 0 amide bonds. The van der Waals surface area contributed by atoms with Gasteiger partial charge >= 0.3 is 0 Å². The van der Waals surface area contributed by atoms with Crippen LogP contribution in [0.4, 0.5) is 0 Å². The molecule has 0 bridgehead atoms. The first-order valence-corrected chi connectivity index (χ1v) is 6.49.